The molecular formula is C10H14BrNO2. The van der Waals surface area contributed by atoms with Crippen molar-refractivity contribution in [1.29, 1.82) is 0 Å². The summed E-state index contributed by atoms with van der Waals surface area (Å²) in [5.41, 5.74) is 6.31. The zero-order chi connectivity index (χ0) is 10.6. The van der Waals surface area contributed by atoms with Gasteiger partial charge in [-0.1, -0.05) is 15.9 Å². The van der Waals surface area contributed by atoms with Crippen LogP contribution in [0.2, 0.25) is 0 Å². The normalized spacial score (nSPS) is 12.6. The molecule has 1 aromatic rings. The van der Waals surface area contributed by atoms with Crippen LogP contribution in [0.4, 0.5) is 0 Å². The SMILES string of the molecule is COc1ccc(Br)cc1CC(O)CN. The van der Waals surface area contributed by atoms with Gasteiger partial charge in [-0.05, 0) is 23.8 Å². The van der Waals surface area contributed by atoms with E-state index in [0.29, 0.717) is 6.42 Å². The van der Waals surface area contributed by atoms with Gasteiger partial charge in [0.15, 0.2) is 0 Å². The Hall–Kier alpha value is -0.580. The van der Waals surface area contributed by atoms with Crippen LogP contribution < -0.4 is 10.5 Å². The number of hydrogen-bond acceptors (Lipinski definition) is 3. The summed E-state index contributed by atoms with van der Waals surface area (Å²) in [5.74, 6) is 0.778. The summed E-state index contributed by atoms with van der Waals surface area (Å²) >= 11 is 3.37. The van der Waals surface area contributed by atoms with Crippen molar-refractivity contribution in [2.45, 2.75) is 12.5 Å². The number of aliphatic hydroxyl groups excluding tert-OH is 1. The molecule has 0 radical (unpaired) electrons. The van der Waals surface area contributed by atoms with Crippen LogP contribution in [0, 0.1) is 0 Å². The molecule has 78 valence electrons. The van der Waals surface area contributed by atoms with Gasteiger partial charge >= 0.3 is 0 Å². The first-order valence-corrected chi connectivity index (χ1v) is 5.17. The van der Waals surface area contributed by atoms with Crippen LogP contribution in [0.15, 0.2) is 22.7 Å². The summed E-state index contributed by atoms with van der Waals surface area (Å²) in [6.45, 7) is 0.260. The Morgan fingerprint density at radius 1 is 1.57 bits per heavy atom. The maximum absolute atomic E-state index is 9.43. The third kappa shape index (κ3) is 2.97. The van der Waals surface area contributed by atoms with Gasteiger partial charge in [0.25, 0.3) is 0 Å². The highest BCUT2D eigenvalue weighted by molar-refractivity contribution is 9.10. The summed E-state index contributed by atoms with van der Waals surface area (Å²) in [4.78, 5) is 0. The minimum Gasteiger partial charge on any atom is -0.496 e. The first-order chi connectivity index (χ1) is 6.67. The molecule has 1 rings (SSSR count). The third-order valence-corrected chi connectivity index (χ3v) is 2.46. The minimum absolute atomic E-state index is 0.260. The van der Waals surface area contributed by atoms with Crippen molar-refractivity contribution in [3.05, 3.63) is 28.2 Å². The standard InChI is InChI=1S/C10H14BrNO2/c1-14-10-3-2-8(11)4-7(10)5-9(13)6-12/h2-4,9,13H,5-6,12H2,1H3. The highest BCUT2D eigenvalue weighted by Gasteiger charge is 2.08. The second-order valence-corrected chi connectivity index (χ2v) is 3.97. The highest BCUT2D eigenvalue weighted by atomic mass is 79.9. The van der Waals surface area contributed by atoms with E-state index in [9.17, 15) is 5.11 Å². The summed E-state index contributed by atoms with van der Waals surface area (Å²) in [5, 5.41) is 9.43. The van der Waals surface area contributed by atoms with Crippen LogP contribution in [-0.2, 0) is 6.42 Å². The van der Waals surface area contributed by atoms with E-state index in [1.807, 2.05) is 18.2 Å². The molecule has 0 aromatic heterocycles. The molecule has 14 heavy (non-hydrogen) atoms. The zero-order valence-corrected chi connectivity index (χ0v) is 9.62. The molecule has 0 spiro atoms. The van der Waals surface area contributed by atoms with E-state index in [-0.39, 0.29) is 6.54 Å². The molecule has 1 atom stereocenters. The maximum atomic E-state index is 9.43. The van der Waals surface area contributed by atoms with Crippen LogP contribution in [0.3, 0.4) is 0 Å². The Morgan fingerprint density at radius 2 is 2.29 bits per heavy atom. The Balaban J connectivity index is 2.87. The van der Waals surface area contributed by atoms with Gasteiger partial charge in [-0.15, -0.1) is 0 Å². The van der Waals surface area contributed by atoms with Crippen molar-refractivity contribution >= 4 is 15.9 Å². The monoisotopic (exact) mass is 259 g/mol. The number of aliphatic hydroxyl groups is 1. The van der Waals surface area contributed by atoms with Gasteiger partial charge < -0.3 is 15.6 Å². The lowest BCUT2D eigenvalue weighted by atomic mass is 10.1. The smallest absolute Gasteiger partial charge is 0.122 e. The third-order valence-electron chi connectivity index (χ3n) is 1.97. The number of hydrogen-bond donors (Lipinski definition) is 2. The summed E-state index contributed by atoms with van der Waals surface area (Å²) in [7, 11) is 1.61. The molecular weight excluding hydrogens is 246 g/mol. The Morgan fingerprint density at radius 3 is 2.86 bits per heavy atom. The molecule has 0 amide bonds. The number of rotatable bonds is 4. The second kappa shape index (κ2) is 5.34. The van der Waals surface area contributed by atoms with E-state index in [2.05, 4.69) is 15.9 Å². The topological polar surface area (TPSA) is 55.5 Å². The number of methoxy groups -OCH3 is 1. The van der Waals surface area contributed by atoms with Crippen LogP contribution in [0.25, 0.3) is 0 Å². The van der Waals surface area contributed by atoms with Gasteiger partial charge in [0.05, 0.1) is 13.2 Å². The van der Waals surface area contributed by atoms with Gasteiger partial charge in [0.1, 0.15) is 5.75 Å². The largest absolute Gasteiger partial charge is 0.496 e. The van der Waals surface area contributed by atoms with E-state index in [0.717, 1.165) is 15.8 Å². The van der Waals surface area contributed by atoms with Crippen molar-refractivity contribution in [2.24, 2.45) is 5.73 Å². The average molecular weight is 260 g/mol. The predicted octanol–water partition coefficient (Wildman–Crippen LogP) is 1.32. The molecule has 3 nitrogen and oxygen atoms in total. The average Bonchev–Trinajstić information content (AvgIpc) is 2.18. The number of nitrogens with two attached hydrogens (primary N) is 1. The molecule has 0 heterocycles. The quantitative estimate of drug-likeness (QED) is 0.858. The fourth-order valence-corrected chi connectivity index (χ4v) is 1.65. The van der Waals surface area contributed by atoms with Gasteiger partial charge in [0, 0.05) is 17.4 Å². The molecule has 0 saturated heterocycles. The molecule has 0 aliphatic rings. The van der Waals surface area contributed by atoms with E-state index in [4.69, 9.17) is 10.5 Å². The number of ether oxygens (including phenoxy) is 1. The van der Waals surface area contributed by atoms with Gasteiger partial charge in [-0.2, -0.15) is 0 Å². The Kier molecular flexibility index (Phi) is 4.38. The van der Waals surface area contributed by atoms with Crippen molar-refractivity contribution in [3.63, 3.8) is 0 Å². The molecule has 0 bridgehead atoms. The Bertz CT molecular complexity index is 304. The first kappa shape index (κ1) is 11.5. The fourth-order valence-electron chi connectivity index (χ4n) is 1.24. The van der Waals surface area contributed by atoms with Crippen molar-refractivity contribution in [2.75, 3.05) is 13.7 Å². The van der Waals surface area contributed by atoms with Crippen molar-refractivity contribution in [3.8, 4) is 5.75 Å². The van der Waals surface area contributed by atoms with Crippen LogP contribution in [0.5, 0.6) is 5.75 Å². The van der Waals surface area contributed by atoms with E-state index >= 15 is 0 Å². The molecule has 1 aromatic carbocycles. The van der Waals surface area contributed by atoms with Crippen molar-refractivity contribution < 1.29 is 9.84 Å². The van der Waals surface area contributed by atoms with E-state index < -0.39 is 6.10 Å². The van der Waals surface area contributed by atoms with Crippen LogP contribution >= 0.6 is 15.9 Å². The molecule has 0 saturated carbocycles. The van der Waals surface area contributed by atoms with Crippen LogP contribution in [0.1, 0.15) is 5.56 Å². The molecule has 0 fully saturated rings. The molecule has 4 heteroatoms. The first-order valence-electron chi connectivity index (χ1n) is 4.38. The summed E-state index contributed by atoms with van der Waals surface area (Å²) in [6, 6.07) is 5.69. The molecule has 3 N–H and O–H groups in total. The second-order valence-electron chi connectivity index (χ2n) is 3.05. The zero-order valence-electron chi connectivity index (χ0n) is 8.03. The number of halogens is 1. The van der Waals surface area contributed by atoms with Gasteiger partial charge in [0.2, 0.25) is 0 Å². The lowest BCUT2D eigenvalue weighted by Crippen LogP contribution is -2.22. The minimum atomic E-state index is -0.516. The molecule has 1 unspecified atom stereocenters. The Labute approximate surface area is 92.0 Å². The maximum Gasteiger partial charge on any atom is 0.122 e. The lowest BCUT2D eigenvalue weighted by Gasteiger charge is -2.11. The van der Waals surface area contributed by atoms with Crippen LogP contribution in [-0.4, -0.2) is 24.9 Å². The summed E-state index contributed by atoms with van der Waals surface area (Å²) in [6.07, 6.45) is -0.00255. The highest BCUT2D eigenvalue weighted by Crippen LogP contribution is 2.23. The molecule has 0 aliphatic heterocycles. The predicted molar refractivity (Wildman–Crippen MR) is 59.5 cm³/mol. The van der Waals surface area contributed by atoms with Gasteiger partial charge in [-0.25, -0.2) is 0 Å². The summed E-state index contributed by atoms with van der Waals surface area (Å²) < 4.78 is 6.14. The van der Waals surface area contributed by atoms with E-state index in [1.54, 1.807) is 7.11 Å². The van der Waals surface area contributed by atoms with Gasteiger partial charge in [-0.3, -0.25) is 0 Å². The molecule has 0 aliphatic carbocycles. The fraction of sp³-hybridized carbons (Fsp3) is 0.400. The van der Waals surface area contributed by atoms with E-state index in [1.165, 1.54) is 0 Å². The van der Waals surface area contributed by atoms with Crippen molar-refractivity contribution in [1.82, 2.24) is 0 Å². The number of benzene rings is 1. The lowest BCUT2D eigenvalue weighted by molar-refractivity contribution is 0.182.